The standard InChI is InChI=1S/C12H25N3O2/c1-4-14-11(16)7-10(8-13)15-5-6-17-12(2,3)9-15/h10H,4-9,13H2,1-3H3,(H,14,16). The minimum absolute atomic E-state index is 0.0762. The van der Waals surface area contributed by atoms with Gasteiger partial charge in [0.15, 0.2) is 0 Å². The molecule has 1 rings (SSSR count). The van der Waals surface area contributed by atoms with Crippen LogP contribution in [0.4, 0.5) is 0 Å². The Morgan fingerprint density at radius 1 is 1.59 bits per heavy atom. The first-order chi connectivity index (χ1) is 7.98. The number of morpholine rings is 1. The molecule has 5 heteroatoms. The molecule has 1 aliphatic rings. The van der Waals surface area contributed by atoms with E-state index >= 15 is 0 Å². The fraction of sp³-hybridized carbons (Fsp3) is 0.917. The molecule has 0 aliphatic carbocycles. The van der Waals surface area contributed by atoms with Gasteiger partial charge in [-0.3, -0.25) is 9.69 Å². The molecule has 0 aromatic carbocycles. The Morgan fingerprint density at radius 3 is 2.82 bits per heavy atom. The monoisotopic (exact) mass is 243 g/mol. The molecule has 1 fully saturated rings. The molecule has 1 saturated heterocycles. The van der Waals surface area contributed by atoms with E-state index in [9.17, 15) is 4.79 Å². The van der Waals surface area contributed by atoms with Crippen molar-refractivity contribution in [3.8, 4) is 0 Å². The van der Waals surface area contributed by atoms with Crippen LogP contribution in [0.3, 0.4) is 0 Å². The highest BCUT2D eigenvalue weighted by atomic mass is 16.5. The fourth-order valence-corrected chi connectivity index (χ4v) is 2.21. The summed E-state index contributed by atoms with van der Waals surface area (Å²) in [5, 5.41) is 2.82. The van der Waals surface area contributed by atoms with E-state index in [2.05, 4.69) is 24.1 Å². The number of nitrogens with zero attached hydrogens (tertiary/aromatic N) is 1. The van der Waals surface area contributed by atoms with Gasteiger partial charge < -0.3 is 15.8 Å². The van der Waals surface area contributed by atoms with Crippen LogP contribution < -0.4 is 11.1 Å². The lowest BCUT2D eigenvalue weighted by atomic mass is 10.0. The maximum atomic E-state index is 11.6. The molecule has 0 aromatic rings. The SMILES string of the molecule is CCNC(=O)CC(CN)N1CCOC(C)(C)C1. The summed E-state index contributed by atoms with van der Waals surface area (Å²) in [5.41, 5.74) is 5.63. The quantitative estimate of drug-likeness (QED) is 0.710. The minimum Gasteiger partial charge on any atom is -0.373 e. The minimum atomic E-state index is -0.146. The van der Waals surface area contributed by atoms with Crippen LogP contribution >= 0.6 is 0 Å². The van der Waals surface area contributed by atoms with Gasteiger partial charge in [-0.1, -0.05) is 0 Å². The summed E-state index contributed by atoms with van der Waals surface area (Å²) < 4.78 is 5.66. The lowest BCUT2D eigenvalue weighted by Gasteiger charge is -2.41. The van der Waals surface area contributed by atoms with Gasteiger partial charge in [-0.2, -0.15) is 0 Å². The number of carbonyl (C=O) groups excluding carboxylic acids is 1. The van der Waals surface area contributed by atoms with Crippen LogP contribution in [-0.2, 0) is 9.53 Å². The lowest BCUT2D eigenvalue weighted by Crippen LogP contribution is -2.55. The predicted molar refractivity (Wildman–Crippen MR) is 67.7 cm³/mol. The average molecular weight is 243 g/mol. The van der Waals surface area contributed by atoms with Gasteiger partial charge in [0, 0.05) is 38.6 Å². The third-order valence-corrected chi connectivity index (χ3v) is 3.04. The van der Waals surface area contributed by atoms with Gasteiger partial charge in [-0.05, 0) is 20.8 Å². The number of nitrogens with two attached hydrogens (primary N) is 1. The molecule has 5 nitrogen and oxygen atoms in total. The Bertz CT molecular complexity index is 256. The van der Waals surface area contributed by atoms with Crippen molar-refractivity contribution in [3.05, 3.63) is 0 Å². The van der Waals surface area contributed by atoms with Gasteiger partial charge in [0.25, 0.3) is 0 Å². The Hall–Kier alpha value is -0.650. The molecule has 0 aromatic heterocycles. The van der Waals surface area contributed by atoms with E-state index in [1.165, 1.54) is 0 Å². The molecule has 1 atom stereocenters. The second-order valence-corrected chi connectivity index (χ2v) is 5.13. The molecule has 1 unspecified atom stereocenters. The van der Waals surface area contributed by atoms with Crippen molar-refractivity contribution in [1.82, 2.24) is 10.2 Å². The van der Waals surface area contributed by atoms with Crippen molar-refractivity contribution in [2.75, 3.05) is 32.8 Å². The van der Waals surface area contributed by atoms with Gasteiger partial charge in [0.1, 0.15) is 0 Å². The van der Waals surface area contributed by atoms with E-state index in [0.717, 1.165) is 13.1 Å². The molecule has 0 radical (unpaired) electrons. The van der Waals surface area contributed by atoms with Crippen molar-refractivity contribution < 1.29 is 9.53 Å². The third-order valence-electron chi connectivity index (χ3n) is 3.04. The van der Waals surface area contributed by atoms with Crippen LogP contribution in [0.15, 0.2) is 0 Å². The zero-order chi connectivity index (χ0) is 12.9. The van der Waals surface area contributed by atoms with Crippen LogP contribution in [0.25, 0.3) is 0 Å². The number of hydrogen-bond acceptors (Lipinski definition) is 4. The van der Waals surface area contributed by atoms with Crippen molar-refractivity contribution in [2.24, 2.45) is 5.73 Å². The van der Waals surface area contributed by atoms with Gasteiger partial charge in [0.05, 0.1) is 12.2 Å². The van der Waals surface area contributed by atoms with E-state index in [1.54, 1.807) is 0 Å². The van der Waals surface area contributed by atoms with E-state index in [0.29, 0.717) is 26.1 Å². The molecule has 1 amide bonds. The normalized spacial score (nSPS) is 22.1. The van der Waals surface area contributed by atoms with Crippen LogP contribution in [0.2, 0.25) is 0 Å². The third kappa shape index (κ3) is 4.61. The molecule has 0 spiro atoms. The number of nitrogens with one attached hydrogen (secondary N) is 1. The summed E-state index contributed by atoms with van der Waals surface area (Å²) in [6.07, 6.45) is 0.473. The fourth-order valence-electron chi connectivity index (χ4n) is 2.21. The second kappa shape index (κ2) is 6.33. The molecular weight excluding hydrogens is 218 g/mol. The number of rotatable bonds is 5. The summed E-state index contributed by atoms with van der Waals surface area (Å²) >= 11 is 0. The Kier molecular flexibility index (Phi) is 5.36. The number of hydrogen-bond donors (Lipinski definition) is 2. The molecule has 3 N–H and O–H groups in total. The average Bonchev–Trinajstić information content (AvgIpc) is 2.25. The Labute approximate surface area is 104 Å². The number of ether oxygens (including phenoxy) is 1. The molecular formula is C12H25N3O2. The molecule has 1 aliphatic heterocycles. The number of amides is 1. The van der Waals surface area contributed by atoms with Crippen LogP contribution in [0, 0.1) is 0 Å². The second-order valence-electron chi connectivity index (χ2n) is 5.13. The summed E-state index contributed by atoms with van der Waals surface area (Å²) in [6, 6.07) is 0.115. The Balaban J connectivity index is 2.52. The summed E-state index contributed by atoms with van der Waals surface area (Å²) in [6.45, 7) is 9.63. The van der Waals surface area contributed by atoms with Gasteiger partial charge >= 0.3 is 0 Å². The van der Waals surface area contributed by atoms with E-state index in [4.69, 9.17) is 10.5 Å². The van der Waals surface area contributed by atoms with Crippen molar-refractivity contribution in [2.45, 2.75) is 38.8 Å². The van der Waals surface area contributed by atoms with E-state index in [1.807, 2.05) is 6.92 Å². The van der Waals surface area contributed by atoms with Crippen LogP contribution in [0.5, 0.6) is 0 Å². The first kappa shape index (κ1) is 14.4. The first-order valence-electron chi connectivity index (χ1n) is 6.33. The highest BCUT2D eigenvalue weighted by molar-refractivity contribution is 5.76. The topological polar surface area (TPSA) is 67.6 Å². The van der Waals surface area contributed by atoms with Gasteiger partial charge in [-0.25, -0.2) is 0 Å². The molecule has 100 valence electrons. The smallest absolute Gasteiger partial charge is 0.221 e. The largest absolute Gasteiger partial charge is 0.373 e. The van der Waals surface area contributed by atoms with E-state index < -0.39 is 0 Å². The summed E-state index contributed by atoms with van der Waals surface area (Å²) in [5.74, 6) is 0.0762. The molecule has 0 saturated carbocycles. The summed E-state index contributed by atoms with van der Waals surface area (Å²) in [4.78, 5) is 13.9. The van der Waals surface area contributed by atoms with Crippen molar-refractivity contribution in [3.63, 3.8) is 0 Å². The van der Waals surface area contributed by atoms with Crippen molar-refractivity contribution in [1.29, 1.82) is 0 Å². The zero-order valence-corrected chi connectivity index (χ0v) is 11.2. The van der Waals surface area contributed by atoms with E-state index in [-0.39, 0.29) is 17.6 Å². The number of carbonyl (C=O) groups is 1. The lowest BCUT2D eigenvalue weighted by molar-refractivity contribution is -0.125. The van der Waals surface area contributed by atoms with Crippen molar-refractivity contribution >= 4 is 5.91 Å². The molecule has 0 bridgehead atoms. The first-order valence-corrected chi connectivity index (χ1v) is 6.33. The van der Waals surface area contributed by atoms with Crippen LogP contribution in [0.1, 0.15) is 27.2 Å². The highest BCUT2D eigenvalue weighted by Crippen LogP contribution is 2.19. The molecule has 17 heavy (non-hydrogen) atoms. The van der Waals surface area contributed by atoms with Crippen LogP contribution in [-0.4, -0.2) is 55.2 Å². The summed E-state index contributed by atoms with van der Waals surface area (Å²) in [7, 11) is 0. The molecule has 1 heterocycles. The zero-order valence-electron chi connectivity index (χ0n) is 11.2. The van der Waals surface area contributed by atoms with Gasteiger partial charge in [-0.15, -0.1) is 0 Å². The van der Waals surface area contributed by atoms with Gasteiger partial charge in [0.2, 0.25) is 5.91 Å². The predicted octanol–water partition coefficient (Wildman–Crippen LogP) is -0.0493. The maximum absolute atomic E-state index is 11.6. The highest BCUT2D eigenvalue weighted by Gasteiger charge is 2.31. The Morgan fingerprint density at radius 2 is 2.29 bits per heavy atom. The maximum Gasteiger partial charge on any atom is 0.221 e.